The molecule has 2 aromatic rings. The molecule has 108 valence electrons. The van der Waals surface area contributed by atoms with Crippen LogP contribution in [0.3, 0.4) is 0 Å². The number of benzene rings is 1. The van der Waals surface area contributed by atoms with Crippen molar-refractivity contribution in [3.63, 3.8) is 0 Å². The number of halogens is 1. The molecule has 0 saturated carbocycles. The van der Waals surface area contributed by atoms with Gasteiger partial charge in [-0.25, -0.2) is 9.78 Å². The lowest BCUT2D eigenvalue weighted by molar-refractivity contribution is 0.0697. The SMILES string of the molecule is CN(C)C(=O)c1ccc(-c2cnc(Cl)cc2C(=O)O)cc1. The van der Waals surface area contributed by atoms with E-state index in [9.17, 15) is 14.7 Å². The molecule has 2 rings (SSSR count). The van der Waals surface area contributed by atoms with Gasteiger partial charge in [-0.05, 0) is 23.8 Å². The van der Waals surface area contributed by atoms with Gasteiger partial charge in [0.25, 0.3) is 5.91 Å². The van der Waals surface area contributed by atoms with Gasteiger partial charge in [-0.3, -0.25) is 4.79 Å². The third-order valence-corrected chi connectivity index (χ3v) is 3.16. The van der Waals surface area contributed by atoms with Crippen LogP contribution in [0.1, 0.15) is 20.7 Å². The van der Waals surface area contributed by atoms with Crippen LogP contribution in [0, 0.1) is 0 Å². The van der Waals surface area contributed by atoms with Crippen molar-refractivity contribution >= 4 is 23.5 Å². The van der Waals surface area contributed by atoms with E-state index in [2.05, 4.69) is 4.98 Å². The Morgan fingerprint density at radius 2 is 1.81 bits per heavy atom. The number of pyridine rings is 1. The molecule has 0 bridgehead atoms. The molecule has 1 aromatic carbocycles. The van der Waals surface area contributed by atoms with Gasteiger partial charge in [0.1, 0.15) is 5.15 Å². The van der Waals surface area contributed by atoms with Crippen LogP contribution in [0.15, 0.2) is 36.5 Å². The molecule has 0 spiro atoms. The van der Waals surface area contributed by atoms with E-state index in [1.807, 2.05) is 0 Å². The summed E-state index contributed by atoms with van der Waals surface area (Å²) in [5.74, 6) is -1.20. The summed E-state index contributed by atoms with van der Waals surface area (Å²) in [7, 11) is 3.34. The number of aromatic nitrogens is 1. The number of carboxylic acid groups (broad SMARTS) is 1. The van der Waals surface area contributed by atoms with Crippen molar-refractivity contribution < 1.29 is 14.7 Å². The Morgan fingerprint density at radius 1 is 1.19 bits per heavy atom. The second kappa shape index (κ2) is 5.93. The Morgan fingerprint density at radius 3 is 2.33 bits per heavy atom. The molecular weight excluding hydrogens is 292 g/mol. The maximum absolute atomic E-state index is 11.8. The van der Waals surface area contributed by atoms with Gasteiger partial charge in [-0.15, -0.1) is 0 Å². The lowest BCUT2D eigenvalue weighted by Gasteiger charge is -2.11. The highest BCUT2D eigenvalue weighted by molar-refractivity contribution is 6.29. The second-order valence-electron chi connectivity index (χ2n) is 4.63. The maximum atomic E-state index is 11.8. The topological polar surface area (TPSA) is 70.5 Å². The van der Waals surface area contributed by atoms with E-state index in [-0.39, 0.29) is 16.6 Å². The van der Waals surface area contributed by atoms with Crippen molar-refractivity contribution in [1.82, 2.24) is 9.88 Å². The monoisotopic (exact) mass is 304 g/mol. The quantitative estimate of drug-likeness (QED) is 0.885. The highest BCUT2D eigenvalue weighted by Gasteiger charge is 2.14. The van der Waals surface area contributed by atoms with Gasteiger partial charge in [-0.2, -0.15) is 0 Å². The van der Waals surface area contributed by atoms with Crippen molar-refractivity contribution in [1.29, 1.82) is 0 Å². The smallest absolute Gasteiger partial charge is 0.336 e. The van der Waals surface area contributed by atoms with E-state index in [0.717, 1.165) is 0 Å². The van der Waals surface area contributed by atoms with E-state index >= 15 is 0 Å². The fourth-order valence-corrected chi connectivity index (χ4v) is 2.05. The molecule has 1 amide bonds. The molecular formula is C15H13ClN2O3. The highest BCUT2D eigenvalue weighted by atomic mass is 35.5. The standard InChI is InChI=1S/C15H13ClN2O3/c1-18(2)14(19)10-5-3-9(4-6-10)12-8-17-13(16)7-11(12)15(20)21/h3-8H,1-2H3,(H,20,21). The summed E-state index contributed by atoms with van der Waals surface area (Å²) in [5.41, 5.74) is 1.71. The summed E-state index contributed by atoms with van der Waals surface area (Å²) in [6, 6.07) is 7.98. The van der Waals surface area contributed by atoms with Crippen molar-refractivity contribution in [3.05, 3.63) is 52.8 Å². The largest absolute Gasteiger partial charge is 0.478 e. The number of aromatic carboxylic acids is 1. The Bertz CT molecular complexity index is 697. The van der Waals surface area contributed by atoms with Gasteiger partial charge in [0, 0.05) is 31.4 Å². The normalized spacial score (nSPS) is 10.2. The average molecular weight is 305 g/mol. The van der Waals surface area contributed by atoms with Crippen LogP contribution in [-0.4, -0.2) is 41.0 Å². The van der Waals surface area contributed by atoms with E-state index in [4.69, 9.17) is 11.6 Å². The number of carbonyl (C=O) groups is 2. The Kier molecular flexibility index (Phi) is 4.23. The third-order valence-electron chi connectivity index (χ3n) is 2.95. The molecule has 1 aromatic heterocycles. The Hall–Kier alpha value is -2.40. The Labute approximate surface area is 126 Å². The molecule has 0 aliphatic carbocycles. The number of rotatable bonds is 3. The van der Waals surface area contributed by atoms with Crippen molar-refractivity contribution in [3.8, 4) is 11.1 Å². The molecule has 0 radical (unpaired) electrons. The number of carboxylic acids is 1. The van der Waals surface area contributed by atoms with Crippen LogP contribution in [0.4, 0.5) is 0 Å². The van der Waals surface area contributed by atoms with E-state index in [1.165, 1.54) is 17.2 Å². The van der Waals surface area contributed by atoms with Gasteiger partial charge in [0.15, 0.2) is 0 Å². The molecule has 0 unspecified atom stereocenters. The summed E-state index contributed by atoms with van der Waals surface area (Å²) in [6.07, 6.45) is 1.41. The predicted molar refractivity (Wildman–Crippen MR) is 79.7 cm³/mol. The van der Waals surface area contributed by atoms with E-state index in [0.29, 0.717) is 16.7 Å². The van der Waals surface area contributed by atoms with Gasteiger partial charge in [0.05, 0.1) is 5.56 Å². The molecule has 5 nitrogen and oxygen atoms in total. The molecule has 0 aliphatic heterocycles. The van der Waals surface area contributed by atoms with Crippen molar-refractivity contribution in [2.45, 2.75) is 0 Å². The lowest BCUT2D eigenvalue weighted by atomic mass is 10.0. The predicted octanol–water partition coefficient (Wildman–Crippen LogP) is 2.80. The van der Waals surface area contributed by atoms with Crippen LogP contribution >= 0.6 is 11.6 Å². The summed E-state index contributed by atoms with van der Waals surface area (Å²) in [5, 5.41) is 9.34. The number of hydrogen-bond donors (Lipinski definition) is 1. The molecule has 21 heavy (non-hydrogen) atoms. The van der Waals surface area contributed by atoms with Crippen LogP contribution in [0.25, 0.3) is 11.1 Å². The highest BCUT2D eigenvalue weighted by Crippen LogP contribution is 2.25. The molecule has 6 heteroatoms. The second-order valence-corrected chi connectivity index (χ2v) is 5.02. The summed E-state index contributed by atoms with van der Waals surface area (Å²) in [6.45, 7) is 0. The Balaban J connectivity index is 2.44. The zero-order chi connectivity index (χ0) is 15.6. The fraction of sp³-hybridized carbons (Fsp3) is 0.133. The zero-order valence-electron chi connectivity index (χ0n) is 11.5. The van der Waals surface area contributed by atoms with Crippen LogP contribution < -0.4 is 0 Å². The zero-order valence-corrected chi connectivity index (χ0v) is 12.3. The minimum Gasteiger partial charge on any atom is -0.478 e. The first kappa shape index (κ1) is 15.0. The van der Waals surface area contributed by atoms with Gasteiger partial charge in [-0.1, -0.05) is 23.7 Å². The van der Waals surface area contributed by atoms with Gasteiger partial charge < -0.3 is 10.0 Å². The van der Waals surface area contributed by atoms with Crippen LogP contribution in [-0.2, 0) is 0 Å². The molecule has 1 heterocycles. The van der Waals surface area contributed by atoms with E-state index < -0.39 is 5.97 Å². The van der Waals surface area contributed by atoms with E-state index in [1.54, 1.807) is 38.4 Å². The molecule has 0 saturated heterocycles. The number of nitrogens with zero attached hydrogens (tertiary/aromatic N) is 2. The number of carbonyl (C=O) groups excluding carboxylic acids is 1. The summed E-state index contributed by atoms with van der Waals surface area (Å²) in [4.78, 5) is 28.5. The lowest BCUT2D eigenvalue weighted by Crippen LogP contribution is -2.21. The van der Waals surface area contributed by atoms with Crippen molar-refractivity contribution in [2.75, 3.05) is 14.1 Å². The molecule has 0 aliphatic rings. The minimum absolute atomic E-state index is 0.0710. The first-order valence-electron chi connectivity index (χ1n) is 6.11. The summed E-state index contributed by atoms with van der Waals surface area (Å²) < 4.78 is 0. The third kappa shape index (κ3) is 3.20. The fourth-order valence-electron chi connectivity index (χ4n) is 1.89. The average Bonchev–Trinajstić information content (AvgIpc) is 2.46. The first-order valence-corrected chi connectivity index (χ1v) is 6.49. The minimum atomic E-state index is -1.08. The first-order chi connectivity index (χ1) is 9.90. The van der Waals surface area contributed by atoms with Crippen LogP contribution in [0.2, 0.25) is 5.15 Å². The molecule has 1 N–H and O–H groups in total. The maximum Gasteiger partial charge on any atom is 0.336 e. The van der Waals surface area contributed by atoms with Crippen molar-refractivity contribution in [2.24, 2.45) is 0 Å². The van der Waals surface area contributed by atoms with Gasteiger partial charge >= 0.3 is 5.97 Å². The number of amides is 1. The number of hydrogen-bond acceptors (Lipinski definition) is 3. The molecule has 0 fully saturated rings. The van der Waals surface area contributed by atoms with Crippen LogP contribution in [0.5, 0.6) is 0 Å². The molecule has 0 atom stereocenters. The van der Waals surface area contributed by atoms with Gasteiger partial charge in [0.2, 0.25) is 0 Å². The summed E-state index contributed by atoms with van der Waals surface area (Å²) >= 11 is 5.73.